The Bertz CT molecular complexity index is 265. The Morgan fingerprint density at radius 3 is 2.60 bits per heavy atom. The van der Waals surface area contributed by atoms with E-state index in [1.165, 1.54) is 0 Å². The van der Waals surface area contributed by atoms with Gasteiger partial charge in [-0.15, -0.1) is 0 Å². The van der Waals surface area contributed by atoms with Crippen LogP contribution >= 0.6 is 0 Å². The van der Waals surface area contributed by atoms with Gasteiger partial charge in [-0.3, -0.25) is 0 Å². The number of hydrogen-bond acceptors (Lipinski definition) is 3. The van der Waals surface area contributed by atoms with Gasteiger partial charge in [0.15, 0.2) is 0 Å². The standard InChI is InChI=1S/C12H21NO2/c1-4-12(14,5-2)9-13-10(3)11-7-6-8-15-11/h6-8,10,13-14H,4-5,9H2,1-3H3/t10-/m0/s1. The zero-order valence-corrected chi connectivity index (χ0v) is 9.79. The largest absolute Gasteiger partial charge is 0.468 e. The molecular formula is C12H21NO2. The van der Waals surface area contributed by atoms with Crippen LogP contribution in [0.5, 0.6) is 0 Å². The highest BCUT2D eigenvalue weighted by molar-refractivity contribution is 5.03. The fourth-order valence-corrected chi connectivity index (χ4v) is 1.48. The molecule has 1 atom stereocenters. The molecule has 0 radical (unpaired) electrons. The maximum absolute atomic E-state index is 10.1. The Kier molecular flexibility index (Phi) is 4.36. The smallest absolute Gasteiger partial charge is 0.120 e. The van der Waals surface area contributed by atoms with Gasteiger partial charge in [0, 0.05) is 6.54 Å². The predicted molar refractivity (Wildman–Crippen MR) is 60.7 cm³/mol. The van der Waals surface area contributed by atoms with Gasteiger partial charge >= 0.3 is 0 Å². The van der Waals surface area contributed by atoms with E-state index in [-0.39, 0.29) is 6.04 Å². The molecule has 0 saturated carbocycles. The number of hydrogen-bond donors (Lipinski definition) is 2. The summed E-state index contributed by atoms with van der Waals surface area (Å²) in [4.78, 5) is 0. The summed E-state index contributed by atoms with van der Waals surface area (Å²) in [6.45, 7) is 6.64. The maximum Gasteiger partial charge on any atom is 0.120 e. The van der Waals surface area contributed by atoms with Crippen molar-refractivity contribution < 1.29 is 9.52 Å². The first-order chi connectivity index (χ1) is 7.11. The fraction of sp³-hybridized carbons (Fsp3) is 0.667. The summed E-state index contributed by atoms with van der Waals surface area (Å²) < 4.78 is 5.28. The quantitative estimate of drug-likeness (QED) is 0.760. The molecule has 3 heteroatoms. The third kappa shape index (κ3) is 3.36. The van der Waals surface area contributed by atoms with Crippen LogP contribution in [-0.4, -0.2) is 17.3 Å². The Balaban J connectivity index is 2.43. The van der Waals surface area contributed by atoms with E-state index in [9.17, 15) is 5.11 Å². The molecule has 15 heavy (non-hydrogen) atoms. The van der Waals surface area contributed by atoms with Crippen LogP contribution < -0.4 is 5.32 Å². The first-order valence-corrected chi connectivity index (χ1v) is 5.60. The van der Waals surface area contributed by atoms with Crippen molar-refractivity contribution in [1.29, 1.82) is 0 Å². The molecular weight excluding hydrogens is 190 g/mol. The summed E-state index contributed by atoms with van der Waals surface area (Å²) in [5.41, 5.74) is -0.596. The maximum atomic E-state index is 10.1. The van der Waals surface area contributed by atoms with Crippen LogP contribution in [0.15, 0.2) is 22.8 Å². The van der Waals surface area contributed by atoms with Crippen molar-refractivity contribution in [1.82, 2.24) is 5.32 Å². The highest BCUT2D eigenvalue weighted by Gasteiger charge is 2.22. The zero-order valence-electron chi connectivity index (χ0n) is 9.79. The van der Waals surface area contributed by atoms with E-state index in [1.54, 1.807) is 6.26 Å². The van der Waals surface area contributed by atoms with Crippen LogP contribution in [-0.2, 0) is 0 Å². The van der Waals surface area contributed by atoms with Crippen molar-refractivity contribution in [2.24, 2.45) is 0 Å². The topological polar surface area (TPSA) is 45.4 Å². The van der Waals surface area contributed by atoms with Crippen molar-refractivity contribution in [3.63, 3.8) is 0 Å². The minimum atomic E-state index is -0.596. The van der Waals surface area contributed by atoms with Crippen LogP contribution in [0, 0.1) is 0 Å². The van der Waals surface area contributed by atoms with Crippen molar-refractivity contribution in [3.05, 3.63) is 24.2 Å². The minimum Gasteiger partial charge on any atom is -0.468 e. The van der Waals surface area contributed by atoms with Crippen LogP contribution in [0.25, 0.3) is 0 Å². The molecule has 0 unspecified atom stereocenters. The number of rotatable bonds is 6. The van der Waals surface area contributed by atoms with Crippen molar-refractivity contribution in [2.75, 3.05) is 6.54 Å². The number of nitrogens with one attached hydrogen (secondary N) is 1. The SMILES string of the molecule is CCC(O)(CC)CN[C@@H](C)c1ccco1. The molecule has 0 aliphatic rings. The monoisotopic (exact) mass is 211 g/mol. The van der Waals surface area contributed by atoms with Crippen LogP contribution in [0.2, 0.25) is 0 Å². The first-order valence-electron chi connectivity index (χ1n) is 5.60. The highest BCUT2D eigenvalue weighted by atomic mass is 16.3. The highest BCUT2D eigenvalue weighted by Crippen LogP contribution is 2.17. The molecule has 0 spiro atoms. The lowest BCUT2D eigenvalue weighted by molar-refractivity contribution is 0.0297. The van der Waals surface area contributed by atoms with Crippen molar-refractivity contribution in [2.45, 2.75) is 45.3 Å². The number of furan rings is 1. The molecule has 1 rings (SSSR count). The lowest BCUT2D eigenvalue weighted by Crippen LogP contribution is -2.40. The Morgan fingerprint density at radius 2 is 2.13 bits per heavy atom. The van der Waals surface area contributed by atoms with Crippen molar-refractivity contribution >= 4 is 0 Å². The van der Waals surface area contributed by atoms with Gasteiger partial charge in [0.1, 0.15) is 5.76 Å². The van der Waals surface area contributed by atoms with Crippen LogP contribution in [0.4, 0.5) is 0 Å². The van der Waals surface area contributed by atoms with E-state index in [4.69, 9.17) is 4.42 Å². The van der Waals surface area contributed by atoms with Gasteiger partial charge in [-0.25, -0.2) is 0 Å². The molecule has 0 saturated heterocycles. The molecule has 3 nitrogen and oxygen atoms in total. The van der Waals surface area contributed by atoms with E-state index in [1.807, 2.05) is 32.9 Å². The molecule has 0 aromatic carbocycles. The second-order valence-corrected chi connectivity index (χ2v) is 4.05. The predicted octanol–water partition coefficient (Wildman–Crippen LogP) is 2.48. The molecule has 1 aromatic rings. The van der Waals surface area contributed by atoms with Crippen LogP contribution in [0.1, 0.15) is 45.4 Å². The van der Waals surface area contributed by atoms with Gasteiger partial charge in [-0.2, -0.15) is 0 Å². The lowest BCUT2D eigenvalue weighted by Gasteiger charge is -2.27. The fourth-order valence-electron chi connectivity index (χ4n) is 1.48. The number of aliphatic hydroxyl groups is 1. The summed E-state index contributed by atoms with van der Waals surface area (Å²) in [6.07, 6.45) is 3.20. The van der Waals surface area contributed by atoms with E-state index in [0.29, 0.717) is 6.54 Å². The summed E-state index contributed by atoms with van der Waals surface area (Å²) in [6, 6.07) is 3.96. The molecule has 0 bridgehead atoms. The van der Waals surface area contributed by atoms with E-state index < -0.39 is 5.60 Å². The molecule has 0 aliphatic carbocycles. The first kappa shape index (κ1) is 12.3. The Morgan fingerprint density at radius 1 is 1.47 bits per heavy atom. The molecule has 0 fully saturated rings. The molecule has 1 heterocycles. The summed E-state index contributed by atoms with van der Waals surface area (Å²) in [5.74, 6) is 0.907. The van der Waals surface area contributed by atoms with Gasteiger partial charge in [-0.1, -0.05) is 13.8 Å². The summed E-state index contributed by atoms with van der Waals surface area (Å²) >= 11 is 0. The van der Waals surface area contributed by atoms with Crippen LogP contribution in [0.3, 0.4) is 0 Å². The van der Waals surface area contributed by atoms with Gasteiger partial charge < -0.3 is 14.8 Å². The average Bonchev–Trinajstić information content (AvgIpc) is 2.79. The second-order valence-electron chi connectivity index (χ2n) is 4.05. The third-order valence-electron chi connectivity index (χ3n) is 3.02. The molecule has 1 aromatic heterocycles. The molecule has 86 valence electrons. The summed E-state index contributed by atoms with van der Waals surface area (Å²) in [7, 11) is 0. The molecule has 2 N–H and O–H groups in total. The van der Waals surface area contributed by atoms with Gasteiger partial charge in [0.05, 0.1) is 17.9 Å². The second kappa shape index (κ2) is 5.33. The van der Waals surface area contributed by atoms with E-state index in [0.717, 1.165) is 18.6 Å². The van der Waals surface area contributed by atoms with Crippen molar-refractivity contribution in [3.8, 4) is 0 Å². The Labute approximate surface area is 91.5 Å². The van der Waals surface area contributed by atoms with Gasteiger partial charge in [0.25, 0.3) is 0 Å². The third-order valence-corrected chi connectivity index (χ3v) is 3.02. The zero-order chi connectivity index (χ0) is 11.3. The normalized spacial score (nSPS) is 14.1. The molecule has 0 aliphatic heterocycles. The minimum absolute atomic E-state index is 0.143. The van der Waals surface area contributed by atoms with Gasteiger partial charge in [-0.05, 0) is 31.9 Å². The van der Waals surface area contributed by atoms with E-state index >= 15 is 0 Å². The van der Waals surface area contributed by atoms with Gasteiger partial charge in [0.2, 0.25) is 0 Å². The summed E-state index contributed by atoms with van der Waals surface area (Å²) in [5, 5.41) is 13.4. The lowest BCUT2D eigenvalue weighted by atomic mass is 9.97. The Hall–Kier alpha value is -0.800. The average molecular weight is 211 g/mol. The van der Waals surface area contributed by atoms with E-state index in [2.05, 4.69) is 5.32 Å². The molecule has 0 amide bonds.